The molecule has 0 aliphatic rings. The van der Waals surface area contributed by atoms with Crippen LogP contribution in [0.3, 0.4) is 0 Å². The molecule has 1 heterocycles. The molecule has 2 aromatic rings. The summed E-state index contributed by atoms with van der Waals surface area (Å²) < 4.78 is 10.9. The second kappa shape index (κ2) is 6.59. The lowest BCUT2D eigenvalue weighted by Gasteiger charge is -2.15. The van der Waals surface area contributed by atoms with Crippen LogP contribution >= 0.6 is 11.6 Å². The molecule has 1 aromatic carbocycles. The molecule has 20 heavy (non-hydrogen) atoms. The van der Waals surface area contributed by atoms with Gasteiger partial charge in [-0.3, -0.25) is 4.98 Å². The van der Waals surface area contributed by atoms with Crippen molar-refractivity contribution in [1.29, 1.82) is 0 Å². The van der Waals surface area contributed by atoms with Crippen molar-refractivity contribution in [2.75, 3.05) is 7.11 Å². The first-order chi connectivity index (χ1) is 9.61. The van der Waals surface area contributed by atoms with Crippen molar-refractivity contribution in [3.63, 3.8) is 0 Å². The van der Waals surface area contributed by atoms with Crippen LogP contribution in [-0.2, 0) is 6.61 Å². The smallest absolute Gasteiger partial charge is 0.129 e. The molecule has 1 N–H and O–H groups in total. The van der Waals surface area contributed by atoms with Crippen molar-refractivity contribution in [2.45, 2.75) is 19.6 Å². The van der Waals surface area contributed by atoms with Gasteiger partial charge < -0.3 is 14.6 Å². The molecule has 0 radical (unpaired) electrons. The van der Waals surface area contributed by atoms with E-state index in [0.29, 0.717) is 28.7 Å². The second-order valence-corrected chi connectivity index (χ2v) is 4.74. The maximum atomic E-state index is 9.76. The van der Waals surface area contributed by atoms with Crippen molar-refractivity contribution in [3.8, 4) is 11.5 Å². The Labute approximate surface area is 122 Å². The standard InChI is InChI=1S/C15H16ClNO3/c1-10(18)13-4-3-12(19-2)7-15(13)20-9-11-5-6-17-8-14(11)16/h3-8,10,18H,9H2,1-2H3/t10-/m1/s1. The molecular formula is C15H16ClNO3. The highest BCUT2D eigenvalue weighted by atomic mass is 35.5. The highest BCUT2D eigenvalue weighted by Crippen LogP contribution is 2.30. The van der Waals surface area contributed by atoms with Gasteiger partial charge in [-0.05, 0) is 25.1 Å². The minimum atomic E-state index is -0.621. The van der Waals surface area contributed by atoms with E-state index >= 15 is 0 Å². The quantitative estimate of drug-likeness (QED) is 0.918. The minimum Gasteiger partial charge on any atom is -0.497 e. The normalized spacial score (nSPS) is 12.0. The molecule has 0 spiro atoms. The van der Waals surface area contributed by atoms with E-state index in [1.165, 1.54) is 0 Å². The van der Waals surface area contributed by atoms with Crippen LogP contribution in [0.2, 0.25) is 5.02 Å². The van der Waals surface area contributed by atoms with Crippen molar-refractivity contribution in [1.82, 2.24) is 4.98 Å². The number of benzene rings is 1. The minimum absolute atomic E-state index is 0.300. The number of nitrogens with zero attached hydrogens (tertiary/aromatic N) is 1. The van der Waals surface area contributed by atoms with Gasteiger partial charge in [-0.25, -0.2) is 0 Å². The van der Waals surface area contributed by atoms with Gasteiger partial charge in [0.05, 0.1) is 18.2 Å². The Kier molecular flexibility index (Phi) is 4.82. The zero-order valence-electron chi connectivity index (χ0n) is 11.3. The summed E-state index contributed by atoms with van der Waals surface area (Å²) in [6.45, 7) is 1.99. The summed E-state index contributed by atoms with van der Waals surface area (Å²) in [6, 6.07) is 7.11. The molecule has 0 saturated carbocycles. The number of hydrogen-bond acceptors (Lipinski definition) is 4. The Morgan fingerprint density at radius 1 is 1.35 bits per heavy atom. The van der Waals surface area contributed by atoms with Crippen LogP contribution in [0.25, 0.3) is 0 Å². The number of rotatable bonds is 5. The van der Waals surface area contributed by atoms with Crippen LogP contribution in [0.4, 0.5) is 0 Å². The van der Waals surface area contributed by atoms with Gasteiger partial charge in [0, 0.05) is 29.6 Å². The number of aliphatic hydroxyl groups is 1. The lowest BCUT2D eigenvalue weighted by molar-refractivity contribution is 0.190. The molecule has 0 saturated heterocycles. The van der Waals surface area contributed by atoms with Crippen LogP contribution in [0.5, 0.6) is 11.5 Å². The summed E-state index contributed by atoms with van der Waals surface area (Å²) in [4.78, 5) is 3.93. The van der Waals surface area contributed by atoms with E-state index in [9.17, 15) is 5.11 Å². The Morgan fingerprint density at radius 2 is 2.15 bits per heavy atom. The Hall–Kier alpha value is -1.78. The Balaban J connectivity index is 2.21. The van der Waals surface area contributed by atoms with Crippen molar-refractivity contribution < 1.29 is 14.6 Å². The van der Waals surface area contributed by atoms with E-state index in [0.717, 1.165) is 5.56 Å². The topological polar surface area (TPSA) is 51.6 Å². The summed E-state index contributed by atoms with van der Waals surface area (Å²) in [6.07, 6.45) is 2.61. The fourth-order valence-electron chi connectivity index (χ4n) is 1.79. The number of hydrogen-bond donors (Lipinski definition) is 1. The van der Waals surface area contributed by atoms with Gasteiger partial charge >= 0.3 is 0 Å². The molecule has 2 rings (SSSR count). The van der Waals surface area contributed by atoms with Crippen LogP contribution < -0.4 is 9.47 Å². The zero-order valence-corrected chi connectivity index (χ0v) is 12.1. The Morgan fingerprint density at radius 3 is 2.80 bits per heavy atom. The number of pyridine rings is 1. The average Bonchev–Trinajstić information content (AvgIpc) is 2.46. The van der Waals surface area contributed by atoms with Gasteiger partial charge in [-0.1, -0.05) is 11.6 Å². The molecule has 0 aliphatic carbocycles. The number of ether oxygens (including phenoxy) is 2. The van der Waals surface area contributed by atoms with E-state index in [1.807, 2.05) is 0 Å². The van der Waals surface area contributed by atoms with Crippen molar-refractivity contribution in [3.05, 3.63) is 52.8 Å². The first-order valence-electron chi connectivity index (χ1n) is 6.19. The number of aliphatic hydroxyl groups excluding tert-OH is 1. The highest BCUT2D eigenvalue weighted by molar-refractivity contribution is 6.31. The third kappa shape index (κ3) is 3.40. The second-order valence-electron chi connectivity index (χ2n) is 4.34. The monoisotopic (exact) mass is 293 g/mol. The van der Waals surface area contributed by atoms with Gasteiger partial charge in [0.25, 0.3) is 0 Å². The van der Waals surface area contributed by atoms with E-state index in [2.05, 4.69) is 4.98 Å². The maximum absolute atomic E-state index is 9.76. The van der Waals surface area contributed by atoms with Crippen LogP contribution in [-0.4, -0.2) is 17.2 Å². The average molecular weight is 294 g/mol. The predicted molar refractivity (Wildman–Crippen MR) is 77.2 cm³/mol. The molecule has 0 aliphatic heterocycles. The largest absolute Gasteiger partial charge is 0.497 e. The lowest BCUT2D eigenvalue weighted by atomic mass is 10.1. The predicted octanol–water partition coefficient (Wildman–Crippen LogP) is 3.38. The summed E-state index contributed by atoms with van der Waals surface area (Å²) in [5, 5.41) is 10.3. The molecule has 1 aromatic heterocycles. The molecular weight excluding hydrogens is 278 g/mol. The van der Waals surface area contributed by atoms with Gasteiger partial charge in [-0.2, -0.15) is 0 Å². The van der Waals surface area contributed by atoms with E-state index in [4.69, 9.17) is 21.1 Å². The summed E-state index contributed by atoms with van der Waals surface area (Å²) >= 11 is 6.03. The van der Waals surface area contributed by atoms with E-state index in [-0.39, 0.29) is 0 Å². The van der Waals surface area contributed by atoms with E-state index < -0.39 is 6.10 Å². The van der Waals surface area contributed by atoms with Gasteiger partial charge in [0.1, 0.15) is 18.1 Å². The molecule has 5 heteroatoms. The van der Waals surface area contributed by atoms with Gasteiger partial charge in [0.2, 0.25) is 0 Å². The summed E-state index contributed by atoms with van der Waals surface area (Å²) in [5.41, 5.74) is 1.54. The Bertz CT molecular complexity index is 587. The zero-order chi connectivity index (χ0) is 14.5. The fourth-order valence-corrected chi connectivity index (χ4v) is 1.96. The number of aromatic nitrogens is 1. The lowest BCUT2D eigenvalue weighted by Crippen LogP contribution is -2.02. The van der Waals surface area contributed by atoms with Crippen LogP contribution in [0, 0.1) is 0 Å². The first kappa shape index (κ1) is 14.6. The first-order valence-corrected chi connectivity index (χ1v) is 6.57. The molecule has 0 bridgehead atoms. The molecule has 1 atom stereocenters. The number of methoxy groups -OCH3 is 1. The van der Waals surface area contributed by atoms with Gasteiger partial charge in [0.15, 0.2) is 0 Å². The SMILES string of the molecule is COc1ccc([C@@H](C)O)c(OCc2ccncc2Cl)c1. The molecule has 4 nitrogen and oxygen atoms in total. The van der Waals surface area contributed by atoms with Gasteiger partial charge in [-0.15, -0.1) is 0 Å². The third-order valence-corrected chi connectivity index (χ3v) is 3.25. The molecule has 0 unspecified atom stereocenters. The summed E-state index contributed by atoms with van der Waals surface area (Å²) in [7, 11) is 1.58. The molecule has 106 valence electrons. The van der Waals surface area contributed by atoms with Crippen molar-refractivity contribution in [2.24, 2.45) is 0 Å². The summed E-state index contributed by atoms with van der Waals surface area (Å²) in [5.74, 6) is 1.25. The highest BCUT2D eigenvalue weighted by Gasteiger charge is 2.11. The fraction of sp³-hybridized carbons (Fsp3) is 0.267. The third-order valence-electron chi connectivity index (χ3n) is 2.91. The molecule has 0 fully saturated rings. The van der Waals surface area contributed by atoms with E-state index in [1.54, 1.807) is 50.7 Å². The number of halogens is 1. The molecule has 0 amide bonds. The van der Waals surface area contributed by atoms with Crippen LogP contribution in [0.15, 0.2) is 36.7 Å². The maximum Gasteiger partial charge on any atom is 0.129 e. The van der Waals surface area contributed by atoms with Crippen molar-refractivity contribution >= 4 is 11.6 Å². The van der Waals surface area contributed by atoms with Crippen LogP contribution in [0.1, 0.15) is 24.2 Å².